The van der Waals surface area contributed by atoms with Crippen LogP contribution >= 0.6 is 0 Å². The molecular weight excluding hydrogens is 401 g/mol. The molecule has 0 saturated heterocycles. The molecule has 5 N–H and O–H groups in total. The van der Waals surface area contributed by atoms with Crippen LogP contribution in [-0.4, -0.2) is 68.5 Å². The Morgan fingerprint density at radius 1 is 0.781 bits per heavy atom. The minimum absolute atomic E-state index is 0.0118. The molecule has 0 bridgehead atoms. The summed E-state index contributed by atoms with van der Waals surface area (Å²) < 4.78 is 19.1. The minimum Gasteiger partial charge on any atom is -0.377 e. The molecule has 0 aromatic rings. The molecule has 0 aromatic carbocycles. The van der Waals surface area contributed by atoms with Gasteiger partial charge in [-0.05, 0) is 94.0 Å². The maximum atomic E-state index is 6.44. The highest BCUT2D eigenvalue weighted by atomic mass is 16.5. The Kier molecular flexibility index (Phi) is 11.4. The molecule has 0 radical (unpaired) electrons. The van der Waals surface area contributed by atoms with Crippen LogP contribution in [0.3, 0.4) is 0 Å². The molecule has 0 heterocycles. The first-order valence-electron chi connectivity index (χ1n) is 12.2. The topological polar surface area (TPSA) is 91.8 Å². The van der Waals surface area contributed by atoms with Crippen molar-refractivity contribution in [3.8, 4) is 0 Å². The van der Waals surface area contributed by atoms with E-state index in [9.17, 15) is 0 Å². The first-order valence-corrected chi connectivity index (χ1v) is 12.2. The van der Waals surface area contributed by atoms with Gasteiger partial charge in [-0.25, -0.2) is 0 Å². The molecule has 0 aliphatic heterocycles. The average Bonchev–Trinajstić information content (AvgIpc) is 2.55. The summed E-state index contributed by atoms with van der Waals surface area (Å²) in [7, 11) is 4.11. The fourth-order valence-electron chi connectivity index (χ4n) is 3.98. The van der Waals surface area contributed by atoms with Gasteiger partial charge in [-0.2, -0.15) is 0 Å². The van der Waals surface area contributed by atoms with Crippen molar-refractivity contribution in [2.24, 2.45) is 16.9 Å². The van der Waals surface area contributed by atoms with Gasteiger partial charge in [-0.1, -0.05) is 13.8 Å². The van der Waals surface area contributed by atoms with Crippen molar-refractivity contribution in [2.45, 2.75) is 129 Å². The third-order valence-electron chi connectivity index (χ3n) is 6.09. The van der Waals surface area contributed by atoms with Crippen molar-refractivity contribution in [2.75, 3.05) is 26.9 Å². The van der Waals surface area contributed by atoms with Crippen molar-refractivity contribution in [3.63, 3.8) is 0 Å². The minimum atomic E-state index is -0.371. The van der Waals surface area contributed by atoms with Crippen LogP contribution in [0, 0.1) is 5.41 Å². The lowest BCUT2D eigenvalue weighted by Crippen LogP contribution is -2.50. The van der Waals surface area contributed by atoms with Gasteiger partial charge >= 0.3 is 0 Å². The van der Waals surface area contributed by atoms with Gasteiger partial charge in [-0.3, -0.25) is 0 Å². The molecular formula is C25H56BN3O3. The first kappa shape index (κ1) is 31.8. The number of hydrogen-bond acceptors (Lipinski definition) is 6. The van der Waals surface area contributed by atoms with Crippen LogP contribution < -0.4 is 16.8 Å². The molecule has 3 atom stereocenters. The molecule has 32 heavy (non-hydrogen) atoms. The van der Waals surface area contributed by atoms with Crippen LogP contribution in [0.15, 0.2) is 0 Å². The highest BCUT2D eigenvalue weighted by Crippen LogP contribution is 2.43. The quantitative estimate of drug-likeness (QED) is 0.308. The Balaban J connectivity index is 5.56. The van der Waals surface area contributed by atoms with E-state index in [-0.39, 0.29) is 39.2 Å². The number of nitrogens with one attached hydrogen (secondary N) is 1. The molecule has 3 unspecified atom stereocenters. The fourth-order valence-corrected chi connectivity index (χ4v) is 3.98. The van der Waals surface area contributed by atoms with Gasteiger partial charge in [0.05, 0.1) is 30.5 Å². The van der Waals surface area contributed by atoms with Gasteiger partial charge in [0.1, 0.15) is 7.85 Å². The normalized spacial score (nSPS) is 18.8. The maximum absolute atomic E-state index is 6.44. The molecule has 0 spiro atoms. The van der Waals surface area contributed by atoms with Crippen LogP contribution in [0.25, 0.3) is 0 Å². The van der Waals surface area contributed by atoms with Gasteiger partial charge in [0.25, 0.3) is 0 Å². The predicted molar refractivity (Wildman–Crippen MR) is 140 cm³/mol. The lowest BCUT2D eigenvalue weighted by atomic mass is 9.69. The SMILES string of the molecule is BC(C)(COC(C)C(C)(CC(C)(C)OCCC(C)(C)N)CC(C)(C)OCC(C)(C)N)NC. The summed E-state index contributed by atoms with van der Waals surface area (Å²) >= 11 is 0. The summed E-state index contributed by atoms with van der Waals surface area (Å²) in [6.07, 6.45) is 2.49. The summed E-state index contributed by atoms with van der Waals surface area (Å²) in [5.41, 5.74) is 10.8. The zero-order valence-electron chi connectivity index (χ0n) is 23.7. The second-order valence-corrected chi connectivity index (χ2v) is 13.5. The van der Waals surface area contributed by atoms with E-state index in [0.717, 1.165) is 19.3 Å². The van der Waals surface area contributed by atoms with Gasteiger partial charge in [0.2, 0.25) is 0 Å². The van der Waals surface area contributed by atoms with Crippen LogP contribution in [0.4, 0.5) is 0 Å². The van der Waals surface area contributed by atoms with Crippen LogP contribution in [-0.2, 0) is 14.2 Å². The van der Waals surface area contributed by atoms with Crippen molar-refractivity contribution in [1.29, 1.82) is 0 Å². The highest BCUT2D eigenvalue weighted by molar-refractivity contribution is 6.15. The molecule has 6 nitrogen and oxygen atoms in total. The summed E-state index contributed by atoms with van der Waals surface area (Å²) in [5.74, 6) is 0. The summed E-state index contributed by atoms with van der Waals surface area (Å²) in [4.78, 5) is 0. The number of nitrogens with two attached hydrogens (primary N) is 2. The zero-order valence-corrected chi connectivity index (χ0v) is 23.7. The average molecular weight is 458 g/mol. The van der Waals surface area contributed by atoms with E-state index < -0.39 is 0 Å². The van der Waals surface area contributed by atoms with Gasteiger partial charge < -0.3 is 31.0 Å². The molecule has 7 heteroatoms. The van der Waals surface area contributed by atoms with E-state index in [4.69, 9.17) is 25.7 Å². The Bertz CT molecular complexity index is 554. The van der Waals surface area contributed by atoms with Gasteiger partial charge in [-0.15, -0.1) is 0 Å². The van der Waals surface area contributed by atoms with Crippen LogP contribution in [0.1, 0.15) is 95.4 Å². The fraction of sp³-hybridized carbons (Fsp3) is 1.00. The molecule has 0 aliphatic rings. The van der Waals surface area contributed by atoms with Crippen molar-refractivity contribution in [1.82, 2.24) is 5.32 Å². The summed E-state index contributed by atoms with van der Waals surface area (Å²) in [6.45, 7) is 25.0. The standard InChI is InChI=1S/C25H56BN3O3/c1-19(30-18-25(11,26)29-12)24(10,16-23(8,9)32-17-21(4,5)28)15-22(6,7)31-14-13-20(2,3)27/h19,29H,13-18,26-28H2,1-12H3. The Hall–Kier alpha value is -0.175. The van der Waals surface area contributed by atoms with Gasteiger partial charge in [0, 0.05) is 23.1 Å². The maximum Gasteiger partial charge on any atom is 0.130 e. The predicted octanol–water partition coefficient (Wildman–Crippen LogP) is 3.20. The molecule has 0 rings (SSSR count). The van der Waals surface area contributed by atoms with E-state index in [1.807, 2.05) is 34.7 Å². The molecule has 0 aromatic heterocycles. The van der Waals surface area contributed by atoms with Crippen molar-refractivity contribution >= 4 is 7.85 Å². The van der Waals surface area contributed by atoms with Gasteiger partial charge in [0.15, 0.2) is 0 Å². The Morgan fingerprint density at radius 3 is 1.66 bits per heavy atom. The van der Waals surface area contributed by atoms with Crippen molar-refractivity contribution in [3.05, 3.63) is 0 Å². The molecule has 0 amide bonds. The van der Waals surface area contributed by atoms with E-state index in [2.05, 4.69) is 61.6 Å². The molecule has 192 valence electrons. The lowest BCUT2D eigenvalue weighted by Gasteiger charge is -2.46. The van der Waals surface area contributed by atoms with E-state index in [1.54, 1.807) is 0 Å². The third kappa shape index (κ3) is 14.2. The second-order valence-electron chi connectivity index (χ2n) is 13.5. The molecule has 0 saturated carbocycles. The second kappa shape index (κ2) is 11.5. The monoisotopic (exact) mass is 457 g/mol. The van der Waals surface area contributed by atoms with E-state index >= 15 is 0 Å². The Morgan fingerprint density at radius 2 is 1.25 bits per heavy atom. The molecule has 0 aliphatic carbocycles. The number of hydrogen-bond donors (Lipinski definition) is 3. The smallest absolute Gasteiger partial charge is 0.130 e. The number of likely N-dealkylation sites (N-methyl/N-ethyl adjacent to an activating group) is 1. The summed E-state index contributed by atoms with van der Waals surface area (Å²) in [6, 6.07) is 0. The van der Waals surface area contributed by atoms with Crippen LogP contribution in [0.2, 0.25) is 0 Å². The van der Waals surface area contributed by atoms with E-state index in [0.29, 0.717) is 19.8 Å². The van der Waals surface area contributed by atoms with Crippen molar-refractivity contribution < 1.29 is 14.2 Å². The number of ether oxygens (including phenoxy) is 3. The van der Waals surface area contributed by atoms with E-state index in [1.165, 1.54) is 0 Å². The lowest BCUT2D eigenvalue weighted by molar-refractivity contribution is -0.134. The largest absolute Gasteiger partial charge is 0.377 e. The Labute approximate surface area is 200 Å². The third-order valence-corrected chi connectivity index (χ3v) is 6.09. The highest BCUT2D eigenvalue weighted by Gasteiger charge is 2.43. The van der Waals surface area contributed by atoms with Crippen LogP contribution in [0.5, 0.6) is 0 Å². The zero-order chi connectivity index (χ0) is 25.6. The molecule has 0 fully saturated rings. The first-order chi connectivity index (χ1) is 14.0. The summed E-state index contributed by atoms with van der Waals surface area (Å²) in [5, 5.41) is 3.32. The number of rotatable bonds is 16.